The van der Waals surface area contributed by atoms with Crippen molar-refractivity contribution in [3.05, 3.63) is 0 Å². The van der Waals surface area contributed by atoms with Gasteiger partial charge in [0.2, 0.25) is 0 Å². The predicted molar refractivity (Wildman–Crippen MR) is 29.8 cm³/mol. The number of hydrogen-bond donors (Lipinski definition) is 2. The number of aliphatic hydroxyl groups excluding tert-OH is 1. The van der Waals surface area contributed by atoms with E-state index >= 15 is 0 Å². The fourth-order valence-electron chi connectivity index (χ4n) is 0.0900. The third-order valence-corrected chi connectivity index (χ3v) is 0.990. The van der Waals surface area contributed by atoms with Gasteiger partial charge in [0.1, 0.15) is 0 Å². The van der Waals surface area contributed by atoms with Crippen LogP contribution in [0.25, 0.3) is 0 Å². The summed E-state index contributed by atoms with van der Waals surface area (Å²) in [6.07, 6.45) is 0. The Kier molecular flexibility index (Phi) is 3.09. The SMILES string of the molecule is NC(CO)C(=O)P. The van der Waals surface area contributed by atoms with E-state index < -0.39 is 6.04 Å². The first-order chi connectivity index (χ1) is 3.18. The zero-order chi connectivity index (χ0) is 5.86. The van der Waals surface area contributed by atoms with Crippen molar-refractivity contribution >= 4 is 14.8 Å². The lowest BCUT2D eigenvalue weighted by Crippen LogP contribution is -2.30. The molecule has 0 saturated heterocycles. The average Bonchev–Trinajstić information content (AvgIpc) is 1.65. The summed E-state index contributed by atoms with van der Waals surface area (Å²) in [5.41, 5.74) is 4.73. The summed E-state index contributed by atoms with van der Waals surface area (Å²) >= 11 is 0. The van der Waals surface area contributed by atoms with E-state index in [1.807, 2.05) is 9.24 Å². The lowest BCUT2D eigenvalue weighted by Gasteiger charge is -1.98. The first-order valence-electron chi connectivity index (χ1n) is 1.84. The molecule has 0 aliphatic carbocycles. The van der Waals surface area contributed by atoms with Gasteiger partial charge < -0.3 is 10.8 Å². The first-order valence-corrected chi connectivity index (χ1v) is 2.42. The van der Waals surface area contributed by atoms with Crippen molar-refractivity contribution < 1.29 is 9.90 Å². The molecule has 2 atom stereocenters. The van der Waals surface area contributed by atoms with Crippen LogP contribution in [0.3, 0.4) is 0 Å². The van der Waals surface area contributed by atoms with Gasteiger partial charge in [-0.3, -0.25) is 4.79 Å². The van der Waals surface area contributed by atoms with Crippen LogP contribution in [0, 0.1) is 0 Å². The van der Waals surface area contributed by atoms with Crippen LogP contribution in [0.2, 0.25) is 0 Å². The molecule has 0 aliphatic rings. The second-order valence-electron chi connectivity index (χ2n) is 1.19. The molecule has 0 aliphatic heterocycles. The van der Waals surface area contributed by atoms with Crippen LogP contribution in [0.1, 0.15) is 0 Å². The maximum absolute atomic E-state index is 10.1. The fourth-order valence-corrected chi connectivity index (χ4v) is 0.195. The quantitative estimate of drug-likeness (QED) is 0.447. The van der Waals surface area contributed by atoms with Gasteiger partial charge >= 0.3 is 0 Å². The van der Waals surface area contributed by atoms with Crippen LogP contribution in [-0.2, 0) is 4.79 Å². The molecule has 0 radical (unpaired) electrons. The third-order valence-electron chi connectivity index (χ3n) is 0.562. The van der Waals surface area contributed by atoms with Crippen molar-refractivity contribution in [3.63, 3.8) is 0 Å². The molecule has 0 aromatic rings. The van der Waals surface area contributed by atoms with Gasteiger partial charge in [0.15, 0.2) is 5.52 Å². The second-order valence-corrected chi connectivity index (χ2v) is 1.76. The van der Waals surface area contributed by atoms with Gasteiger partial charge in [0, 0.05) is 0 Å². The summed E-state index contributed by atoms with van der Waals surface area (Å²) in [5.74, 6) is 0. The number of aliphatic hydroxyl groups is 1. The van der Waals surface area contributed by atoms with Gasteiger partial charge in [-0.2, -0.15) is 0 Å². The lowest BCUT2D eigenvalue weighted by molar-refractivity contribution is -0.112. The summed E-state index contributed by atoms with van der Waals surface area (Å²) in [6.45, 7) is -0.275. The summed E-state index contributed by atoms with van der Waals surface area (Å²) in [5, 5.41) is 8.15. The number of rotatable bonds is 2. The van der Waals surface area contributed by atoms with Crippen LogP contribution in [0.4, 0.5) is 0 Å². The molecule has 3 N–H and O–H groups in total. The molecule has 0 bridgehead atoms. The zero-order valence-corrected chi connectivity index (χ0v) is 4.95. The van der Waals surface area contributed by atoms with E-state index in [9.17, 15) is 4.79 Å². The Morgan fingerprint density at radius 1 is 2.00 bits per heavy atom. The molecule has 0 aromatic carbocycles. The Labute approximate surface area is 44.1 Å². The highest BCUT2D eigenvalue weighted by Gasteiger charge is 2.03. The van der Waals surface area contributed by atoms with Crippen molar-refractivity contribution in [1.29, 1.82) is 0 Å². The average molecular weight is 121 g/mol. The van der Waals surface area contributed by atoms with Gasteiger partial charge in [0.05, 0.1) is 12.6 Å². The van der Waals surface area contributed by atoms with Crippen LogP contribution < -0.4 is 5.73 Å². The molecule has 0 spiro atoms. The molecule has 0 saturated carbocycles. The Morgan fingerprint density at radius 3 is 2.43 bits per heavy atom. The van der Waals surface area contributed by atoms with Crippen molar-refractivity contribution in [2.75, 3.05) is 6.61 Å². The van der Waals surface area contributed by atoms with Crippen LogP contribution in [0.15, 0.2) is 0 Å². The number of nitrogens with two attached hydrogens (primary N) is 1. The summed E-state index contributed by atoms with van der Waals surface area (Å²) in [4.78, 5) is 10.1. The Morgan fingerprint density at radius 2 is 2.43 bits per heavy atom. The topological polar surface area (TPSA) is 63.3 Å². The smallest absolute Gasteiger partial charge is 0.167 e. The van der Waals surface area contributed by atoms with Gasteiger partial charge in [-0.15, -0.1) is 0 Å². The van der Waals surface area contributed by atoms with E-state index in [1.54, 1.807) is 0 Å². The van der Waals surface area contributed by atoms with Gasteiger partial charge in [-0.1, -0.05) is 9.24 Å². The molecule has 0 heterocycles. The van der Waals surface area contributed by atoms with E-state index in [2.05, 4.69) is 0 Å². The summed E-state index contributed by atoms with van der Waals surface area (Å²) in [6, 6.07) is -0.718. The van der Waals surface area contributed by atoms with Gasteiger partial charge in [0.25, 0.3) is 0 Å². The number of carbonyl (C=O) groups excluding carboxylic acids is 1. The normalized spacial score (nSPS) is 13.6. The molecule has 0 fully saturated rings. The largest absolute Gasteiger partial charge is 0.394 e. The van der Waals surface area contributed by atoms with E-state index in [-0.39, 0.29) is 12.1 Å². The maximum atomic E-state index is 10.1. The molecule has 3 nitrogen and oxygen atoms in total. The molecule has 4 heteroatoms. The van der Waals surface area contributed by atoms with Gasteiger partial charge in [-0.05, 0) is 0 Å². The standard InChI is InChI=1S/C3H8NO2P/c4-2(1-5)3(6)7/h2,5H,1,4,7H2. The Hall–Kier alpha value is 0.0200. The third kappa shape index (κ3) is 2.68. The molecular formula is C3H8NO2P. The van der Waals surface area contributed by atoms with Crippen LogP contribution in [0.5, 0.6) is 0 Å². The maximum Gasteiger partial charge on any atom is 0.167 e. The van der Waals surface area contributed by atoms with Crippen LogP contribution >= 0.6 is 9.24 Å². The van der Waals surface area contributed by atoms with E-state index in [0.717, 1.165) is 0 Å². The van der Waals surface area contributed by atoms with E-state index in [4.69, 9.17) is 10.8 Å². The first kappa shape index (κ1) is 7.02. The Bertz CT molecular complexity index is 75.3. The molecule has 42 valence electrons. The lowest BCUT2D eigenvalue weighted by atomic mass is 10.4. The van der Waals surface area contributed by atoms with Crippen molar-refractivity contribution in [2.24, 2.45) is 5.73 Å². The monoisotopic (exact) mass is 121 g/mol. The summed E-state index contributed by atoms with van der Waals surface area (Å²) < 4.78 is 0. The highest BCUT2D eigenvalue weighted by molar-refractivity contribution is 7.40. The minimum Gasteiger partial charge on any atom is -0.394 e. The molecular weight excluding hydrogens is 113 g/mol. The number of hydrogen-bond acceptors (Lipinski definition) is 3. The fraction of sp³-hybridized carbons (Fsp3) is 0.667. The highest BCUT2D eigenvalue weighted by atomic mass is 31.0. The Balaban J connectivity index is 3.34. The molecule has 0 aromatic heterocycles. The van der Waals surface area contributed by atoms with Crippen molar-refractivity contribution in [1.82, 2.24) is 0 Å². The molecule has 0 rings (SSSR count). The summed E-state index contributed by atoms with van der Waals surface area (Å²) in [7, 11) is 1.89. The number of carbonyl (C=O) groups is 1. The van der Waals surface area contributed by atoms with Crippen molar-refractivity contribution in [2.45, 2.75) is 6.04 Å². The van der Waals surface area contributed by atoms with Crippen molar-refractivity contribution in [3.8, 4) is 0 Å². The molecule has 2 unspecified atom stereocenters. The van der Waals surface area contributed by atoms with E-state index in [1.165, 1.54) is 0 Å². The zero-order valence-electron chi connectivity index (χ0n) is 3.79. The second kappa shape index (κ2) is 3.08. The highest BCUT2D eigenvalue weighted by Crippen LogP contribution is 1.87. The van der Waals surface area contributed by atoms with Crippen LogP contribution in [-0.4, -0.2) is 23.3 Å². The predicted octanol–water partition coefficient (Wildman–Crippen LogP) is -1.29. The van der Waals surface area contributed by atoms with Gasteiger partial charge in [-0.25, -0.2) is 0 Å². The minimum atomic E-state index is -0.718. The van der Waals surface area contributed by atoms with E-state index in [0.29, 0.717) is 0 Å². The minimum absolute atomic E-state index is 0.262. The molecule has 7 heavy (non-hydrogen) atoms. The molecule has 0 amide bonds.